The van der Waals surface area contributed by atoms with Gasteiger partial charge in [-0.1, -0.05) is 31.4 Å². The van der Waals surface area contributed by atoms with E-state index in [0.717, 1.165) is 48.9 Å². The first-order valence-corrected chi connectivity index (χ1v) is 14.0. The van der Waals surface area contributed by atoms with E-state index in [1.54, 1.807) is 19.5 Å². The monoisotopic (exact) mass is 552 g/mol. The van der Waals surface area contributed by atoms with Crippen molar-refractivity contribution < 1.29 is 9.15 Å². The number of piperidine rings is 1. The van der Waals surface area contributed by atoms with E-state index in [1.807, 2.05) is 6.07 Å². The number of aromatic nitrogens is 7. The minimum absolute atomic E-state index is 0.00443. The minimum Gasteiger partial charge on any atom is -0.384 e. The predicted octanol–water partition coefficient (Wildman–Crippen LogP) is 4.72. The van der Waals surface area contributed by atoms with E-state index in [9.17, 15) is 4.79 Å². The number of hydrogen-bond acceptors (Lipinski definition) is 9. The number of hydrogen-bond donors (Lipinski definition) is 1. The van der Waals surface area contributed by atoms with Crippen LogP contribution in [0, 0.1) is 11.8 Å². The molecule has 11 nitrogen and oxygen atoms in total. The third kappa shape index (κ3) is 5.17. The van der Waals surface area contributed by atoms with Gasteiger partial charge in [-0.05, 0) is 50.5 Å². The molecular weight excluding hydrogens is 520 g/mol. The minimum atomic E-state index is -0.674. The lowest BCUT2D eigenvalue weighted by atomic mass is 9.83. The standard InChI is InChI=1S/C27H33ClN8O3/c1-15-4-6-17(7-5-15)14-36-22-21(18-11-19(28)13-29-12-18)30-24(25-33-34-27(37)39-25)31-23(22)32-26(36)35-9-8-20(38-3)10-16(35)2/h11-13,15-17,20H,4-10,14H2,1-3H3,(H,34,37)/t15?,16-,17?,20-/m0/s1. The summed E-state index contributed by atoms with van der Waals surface area (Å²) in [4.78, 5) is 33.1. The van der Waals surface area contributed by atoms with Crippen LogP contribution >= 0.6 is 11.6 Å². The van der Waals surface area contributed by atoms with Crippen LogP contribution in [-0.2, 0) is 11.3 Å². The van der Waals surface area contributed by atoms with Gasteiger partial charge in [0.15, 0.2) is 5.65 Å². The predicted molar refractivity (Wildman–Crippen MR) is 148 cm³/mol. The van der Waals surface area contributed by atoms with E-state index in [2.05, 4.69) is 38.5 Å². The largest absolute Gasteiger partial charge is 0.434 e. The second-order valence-electron chi connectivity index (χ2n) is 11.0. The number of halogens is 1. The number of fused-ring (bicyclic) bond motifs is 1. The zero-order valence-electron chi connectivity index (χ0n) is 22.4. The molecule has 5 heterocycles. The number of ether oxygens (including phenoxy) is 1. The summed E-state index contributed by atoms with van der Waals surface area (Å²) in [5, 5.41) is 6.75. The van der Waals surface area contributed by atoms with Crippen molar-refractivity contribution in [1.29, 1.82) is 0 Å². The second-order valence-corrected chi connectivity index (χ2v) is 11.4. The summed E-state index contributed by atoms with van der Waals surface area (Å²) in [5.74, 6) is 1.66. The summed E-state index contributed by atoms with van der Waals surface area (Å²) >= 11 is 6.36. The molecule has 1 aliphatic heterocycles. The van der Waals surface area contributed by atoms with Crippen LogP contribution in [0.2, 0.25) is 5.02 Å². The molecule has 206 valence electrons. The number of imidazole rings is 1. The second kappa shape index (κ2) is 10.7. The number of anilines is 1. The maximum absolute atomic E-state index is 11.7. The van der Waals surface area contributed by atoms with Crippen molar-refractivity contribution in [3.63, 3.8) is 0 Å². The fourth-order valence-corrected chi connectivity index (χ4v) is 6.16. The first kappa shape index (κ1) is 25.9. The molecule has 1 aliphatic carbocycles. The van der Waals surface area contributed by atoms with Gasteiger partial charge in [0.25, 0.3) is 5.89 Å². The molecule has 1 N–H and O–H groups in total. The Morgan fingerprint density at radius 3 is 2.64 bits per heavy atom. The zero-order valence-corrected chi connectivity index (χ0v) is 23.2. The highest BCUT2D eigenvalue weighted by molar-refractivity contribution is 6.30. The fourth-order valence-electron chi connectivity index (χ4n) is 5.99. The number of rotatable bonds is 6. The molecule has 12 heteroatoms. The van der Waals surface area contributed by atoms with E-state index in [0.29, 0.717) is 22.3 Å². The van der Waals surface area contributed by atoms with Crippen LogP contribution in [0.1, 0.15) is 52.4 Å². The van der Waals surface area contributed by atoms with Crippen molar-refractivity contribution in [1.82, 2.24) is 34.7 Å². The van der Waals surface area contributed by atoms with E-state index in [4.69, 9.17) is 35.7 Å². The molecule has 0 aromatic carbocycles. The van der Waals surface area contributed by atoms with Crippen LogP contribution in [0.3, 0.4) is 0 Å². The molecule has 4 aromatic rings. The Kier molecular flexibility index (Phi) is 7.11. The van der Waals surface area contributed by atoms with Crippen LogP contribution < -0.4 is 10.7 Å². The van der Waals surface area contributed by atoms with Crippen LogP contribution in [0.15, 0.2) is 27.7 Å². The maximum Gasteiger partial charge on any atom is 0.434 e. The van der Waals surface area contributed by atoms with Crippen molar-refractivity contribution in [3.8, 4) is 23.0 Å². The van der Waals surface area contributed by atoms with E-state index < -0.39 is 5.76 Å². The quantitative estimate of drug-likeness (QED) is 0.361. The third-order valence-corrected chi connectivity index (χ3v) is 8.39. The number of methoxy groups -OCH3 is 1. The van der Waals surface area contributed by atoms with Crippen molar-refractivity contribution in [3.05, 3.63) is 34.0 Å². The highest BCUT2D eigenvalue weighted by atomic mass is 35.5. The number of aromatic amines is 1. The lowest BCUT2D eigenvalue weighted by molar-refractivity contribution is 0.0716. The van der Waals surface area contributed by atoms with Gasteiger partial charge < -0.3 is 18.6 Å². The molecule has 0 spiro atoms. The molecule has 2 fully saturated rings. The zero-order chi connectivity index (χ0) is 27.1. The van der Waals surface area contributed by atoms with Gasteiger partial charge in [-0.3, -0.25) is 4.98 Å². The van der Waals surface area contributed by atoms with Crippen molar-refractivity contribution in [2.75, 3.05) is 18.6 Å². The fraction of sp³-hybridized carbons (Fsp3) is 0.556. The Balaban J connectivity index is 1.55. The Morgan fingerprint density at radius 2 is 1.95 bits per heavy atom. The van der Waals surface area contributed by atoms with Crippen molar-refractivity contribution >= 4 is 28.7 Å². The van der Waals surface area contributed by atoms with Gasteiger partial charge in [-0.15, -0.1) is 5.10 Å². The molecule has 0 amide bonds. The van der Waals surface area contributed by atoms with Crippen molar-refractivity contribution in [2.24, 2.45) is 11.8 Å². The maximum atomic E-state index is 11.7. The van der Waals surface area contributed by atoms with E-state index in [-0.39, 0.29) is 23.9 Å². The number of pyridine rings is 1. The number of H-pyrrole nitrogens is 1. The Morgan fingerprint density at radius 1 is 1.13 bits per heavy atom. The summed E-state index contributed by atoms with van der Waals surface area (Å²) in [6.07, 6.45) is 10.2. The first-order valence-electron chi connectivity index (χ1n) is 13.6. The molecule has 39 heavy (non-hydrogen) atoms. The van der Waals surface area contributed by atoms with E-state index in [1.165, 1.54) is 25.7 Å². The molecule has 4 aromatic heterocycles. The summed E-state index contributed by atoms with van der Waals surface area (Å²) in [6.45, 7) is 6.20. The van der Waals surface area contributed by atoms with Gasteiger partial charge in [0, 0.05) is 44.2 Å². The van der Waals surface area contributed by atoms with Crippen LogP contribution in [-0.4, -0.2) is 60.5 Å². The summed E-state index contributed by atoms with van der Waals surface area (Å²) in [6, 6.07) is 2.06. The lowest BCUT2D eigenvalue weighted by Crippen LogP contribution is -2.44. The normalized spacial score (nSPS) is 23.9. The Labute approximate surface area is 231 Å². The topological polar surface area (TPSA) is 128 Å². The van der Waals surface area contributed by atoms with Crippen LogP contribution in [0.5, 0.6) is 0 Å². The van der Waals surface area contributed by atoms with E-state index >= 15 is 0 Å². The highest BCUT2D eigenvalue weighted by Crippen LogP contribution is 2.37. The molecule has 0 bridgehead atoms. The average Bonchev–Trinajstić information content (AvgIpc) is 3.53. The Bertz CT molecular complexity index is 1520. The van der Waals surface area contributed by atoms with Gasteiger partial charge in [0.2, 0.25) is 11.8 Å². The molecule has 0 unspecified atom stereocenters. The molecule has 1 saturated heterocycles. The number of nitrogens with one attached hydrogen (secondary N) is 1. The Hall–Kier alpha value is -3.31. The molecule has 2 aliphatic rings. The highest BCUT2D eigenvalue weighted by Gasteiger charge is 2.32. The number of nitrogens with zero attached hydrogens (tertiary/aromatic N) is 7. The smallest absolute Gasteiger partial charge is 0.384 e. The third-order valence-electron chi connectivity index (χ3n) is 8.19. The van der Waals surface area contributed by atoms with Crippen LogP contribution in [0.25, 0.3) is 34.1 Å². The molecule has 6 rings (SSSR count). The molecule has 2 atom stereocenters. The molecular formula is C27H33ClN8O3. The SMILES string of the molecule is CO[C@H]1CCN(c2nc3nc(-c4n[nH]c(=O)o4)nc(-c4cncc(Cl)c4)c3n2CC2CCC(C)CC2)[C@@H](C)C1. The summed E-state index contributed by atoms with van der Waals surface area (Å²) in [7, 11) is 1.78. The molecule has 1 saturated carbocycles. The van der Waals surface area contributed by atoms with Gasteiger partial charge in [-0.2, -0.15) is 4.98 Å². The first-order chi connectivity index (χ1) is 18.9. The van der Waals surface area contributed by atoms with Gasteiger partial charge in [-0.25, -0.2) is 19.9 Å². The van der Waals surface area contributed by atoms with Gasteiger partial charge >= 0.3 is 5.76 Å². The molecule has 0 radical (unpaired) electrons. The van der Waals surface area contributed by atoms with Crippen molar-refractivity contribution in [2.45, 2.75) is 71.1 Å². The van der Waals surface area contributed by atoms with Crippen LogP contribution in [0.4, 0.5) is 5.95 Å². The lowest BCUT2D eigenvalue weighted by Gasteiger charge is -2.38. The average molecular weight is 553 g/mol. The van der Waals surface area contributed by atoms with Gasteiger partial charge in [0.1, 0.15) is 11.2 Å². The van der Waals surface area contributed by atoms with Gasteiger partial charge in [0.05, 0.1) is 11.1 Å². The summed E-state index contributed by atoms with van der Waals surface area (Å²) in [5.41, 5.74) is 2.68. The summed E-state index contributed by atoms with van der Waals surface area (Å²) < 4.78 is 13.2.